The van der Waals surface area contributed by atoms with Crippen molar-refractivity contribution >= 4 is 24.9 Å². The predicted octanol–water partition coefficient (Wildman–Crippen LogP) is 7.19. The molecule has 6 nitrogen and oxygen atoms in total. The SMILES string of the molecule is CCCCCCC(CCCC)COC1=CC(c2ccc(N(CCO)CCO)cc2)=N/C1=C\c1c(C)cc(C)n1B(F)F. The number of rotatable bonds is 19. The second-order valence-electron chi connectivity index (χ2n) is 11.2. The number of aliphatic hydroxyl groups is 2. The van der Waals surface area contributed by atoms with Crippen molar-refractivity contribution in [1.82, 2.24) is 4.48 Å². The van der Waals surface area contributed by atoms with Crippen LogP contribution >= 0.6 is 0 Å². The molecule has 0 aliphatic carbocycles. The minimum Gasteiger partial charge on any atom is -0.491 e. The van der Waals surface area contributed by atoms with Crippen LogP contribution in [-0.2, 0) is 4.74 Å². The summed E-state index contributed by atoms with van der Waals surface area (Å²) in [5.74, 6) is 1.04. The molecule has 3 rings (SSSR count). The number of hydrogen-bond acceptors (Lipinski definition) is 5. The van der Waals surface area contributed by atoms with Gasteiger partial charge in [0.2, 0.25) is 0 Å². The van der Waals surface area contributed by atoms with Crippen LogP contribution in [0.25, 0.3) is 6.08 Å². The van der Waals surface area contributed by atoms with Crippen LogP contribution in [0.1, 0.15) is 87.7 Å². The lowest BCUT2D eigenvalue weighted by Gasteiger charge is -2.23. The van der Waals surface area contributed by atoms with Gasteiger partial charge in [0.25, 0.3) is 0 Å². The molecule has 1 unspecified atom stereocenters. The lowest BCUT2D eigenvalue weighted by Crippen LogP contribution is -2.29. The number of unbranched alkanes of at least 4 members (excludes halogenated alkanes) is 4. The highest BCUT2D eigenvalue weighted by atomic mass is 19.2. The number of aliphatic imine (C=N–C) groups is 1. The minimum atomic E-state index is -2.65. The van der Waals surface area contributed by atoms with E-state index in [0.717, 1.165) is 47.0 Å². The van der Waals surface area contributed by atoms with Crippen molar-refractivity contribution in [1.29, 1.82) is 0 Å². The molecule has 42 heavy (non-hydrogen) atoms. The van der Waals surface area contributed by atoms with Gasteiger partial charge in [-0.1, -0.05) is 64.5 Å². The molecule has 0 spiro atoms. The van der Waals surface area contributed by atoms with E-state index in [9.17, 15) is 18.8 Å². The third-order valence-electron chi connectivity index (χ3n) is 7.87. The Bertz CT molecular complexity index is 1200. The normalized spacial score (nSPS) is 14.7. The fourth-order valence-electron chi connectivity index (χ4n) is 5.52. The highest BCUT2D eigenvalue weighted by Gasteiger charge is 2.25. The van der Waals surface area contributed by atoms with Crippen LogP contribution in [-0.4, -0.2) is 60.7 Å². The molecule has 1 aromatic carbocycles. The van der Waals surface area contributed by atoms with Crippen LogP contribution in [0, 0.1) is 19.8 Å². The third-order valence-corrected chi connectivity index (χ3v) is 7.87. The standard InChI is InChI=1S/C33H48BF2N3O3/c1-5-7-9-10-12-27(11-8-6-2)24-42-33-23-30(28-13-15-29(16-14-28)38(17-19-40)18-20-41)37-31(33)22-32-25(3)21-26(4)39(32)34(35)36/h13-16,21-23,27,40-41H,5-12,17-20,24H2,1-4H3/b31-22-. The highest BCUT2D eigenvalue weighted by molar-refractivity contribution is 6.41. The van der Waals surface area contributed by atoms with E-state index in [2.05, 4.69) is 13.8 Å². The maximum absolute atomic E-state index is 14.0. The molecule has 1 atom stereocenters. The molecule has 2 aromatic rings. The quantitative estimate of drug-likeness (QED) is 0.136. The molecule has 0 amide bonds. The molecular weight excluding hydrogens is 535 g/mol. The fraction of sp³-hybridized carbons (Fsp3) is 0.545. The van der Waals surface area contributed by atoms with Gasteiger partial charge in [-0.2, -0.15) is 0 Å². The summed E-state index contributed by atoms with van der Waals surface area (Å²) in [4.78, 5) is 6.78. The van der Waals surface area contributed by atoms with Gasteiger partial charge in [-0.25, -0.2) is 4.99 Å². The number of allylic oxidation sites excluding steroid dienone is 1. The molecule has 9 heteroatoms. The summed E-state index contributed by atoms with van der Waals surface area (Å²) < 4.78 is 35.5. The van der Waals surface area contributed by atoms with Crippen molar-refractivity contribution < 1.29 is 23.6 Å². The summed E-state index contributed by atoms with van der Waals surface area (Å²) in [6.45, 7) is 9.34. The van der Waals surface area contributed by atoms with Gasteiger partial charge in [-0.15, -0.1) is 0 Å². The number of halogens is 2. The maximum atomic E-state index is 14.0. The molecule has 0 saturated heterocycles. The van der Waals surface area contributed by atoms with Crippen LogP contribution in [0.3, 0.4) is 0 Å². The Kier molecular flexibility index (Phi) is 13.8. The largest absolute Gasteiger partial charge is 0.677 e. The number of benzene rings is 1. The van der Waals surface area contributed by atoms with Crippen LogP contribution in [0.2, 0.25) is 0 Å². The lowest BCUT2D eigenvalue weighted by molar-refractivity contribution is 0.158. The monoisotopic (exact) mass is 583 g/mol. The number of nitrogens with zero attached hydrogens (tertiary/aromatic N) is 3. The Morgan fingerprint density at radius 1 is 0.976 bits per heavy atom. The topological polar surface area (TPSA) is 70.2 Å². The van der Waals surface area contributed by atoms with Crippen molar-refractivity contribution in [2.45, 2.75) is 79.1 Å². The number of anilines is 1. The Morgan fingerprint density at radius 3 is 2.26 bits per heavy atom. The van der Waals surface area contributed by atoms with Crippen molar-refractivity contribution in [3.8, 4) is 0 Å². The van der Waals surface area contributed by atoms with E-state index in [1.807, 2.05) is 42.2 Å². The van der Waals surface area contributed by atoms with Gasteiger partial charge >= 0.3 is 7.40 Å². The van der Waals surface area contributed by atoms with Gasteiger partial charge in [-0.3, -0.25) is 8.63 Å². The second-order valence-corrected chi connectivity index (χ2v) is 11.2. The van der Waals surface area contributed by atoms with Crippen molar-refractivity contribution in [2.24, 2.45) is 10.9 Å². The van der Waals surface area contributed by atoms with Gasteiger partial charge in [-0.05, 0) is 62.4 Å². The van der Waals surface area contributed by atoms with Crippen molar-refractivity contribution in [2.75, 3.05) is 37.8 Å². The summed E-state index contributed by atoms with van der Waals surface area (Å²) in [7, 11) is -2.65. The van der Waals surface area contributed by atoms with Gasteiger partial charge in [0.05, 0.1) is 25.5 Å². The Hall–Kier alpha value is -2.91. The molecule has 0 fully saturated rings. The first-order chi connectivity index (χ1) is 20.3. The molecule has 2 heterocycles. The number of aromatic nitrogens is 1. The second kappa shape index (κ2) is 17.3. The third kappa shape index (κ3) is 9.30. The highest BCUT2D eigenvalue weighted by Crippen LogP contribution is 2.30. The smallest absolute Gasteiger partial charge is 0.491 e. The lowest BCUT2D eigenvalue weighted by atomic mass is 9.96. The molecule has 1 aromatic heterocycles. The van der Waals surface area contributed by atoms with Crippen LogP contribution in [0.4, 0.5) is 14.3 Å². The zero-order valence-electron chi connectivity index (χ0n) is 25.8. The van der Waals surface area contributed by atoms with E-state index in [1.54, 1.807) is 19.1 Å². The first-order valence-corrected chi connectivity index (χ1v) is 15.5. The fourth-order valence-corrected chi connectivity index (χ4v) is 5.52. The first-order valence-electron chi connectivity index (χ1n) is 15.5. The number of ether oxygens (including phenoxy) is 1. The van der Waals surface area contributed by atoms with Crippen LogP contribution < -0.4 is 4.90 Å². The van der Waals surface area contributed by atoms with Gasteiger partial charge in [0, 0.05) is 41.8 Å². The average molecular weight is 584 g/mol. The van der Waals surface area contributed by atoms with Crippen LogP contribution in [0.15, 0.2) is 52.9 Å². The Balaban J connectivity index is 1.92. The summed E-state index contributed by atoms with van der Waals surface area (Å²) in [6, 6.07) is 9.53. The predicted molar refractivity (Wildman–Crippen MR) is 170 cm³/mol. The Morgan fingerprint density at radius 2 is 1.64 bits per heavy atom. The maximum Gasteiger partial charge on any atom is 0.677 e. The molecule has 230 valence electrons. The summed E-state index contributed by atoms with van der Waals surface area (Å²) in [5, 5.41) is 18.8. The Labute approximate surface area is 251 Å². The van der Waals surface area contributed by atoms with E-state index in [4.69, 9.17) is 9.73 Å². The summed E-state index contributed by atoms with van der Waals surface area (Å²) in [6.07, 6.45) is 13.0. The van der Waals surface area contributed by atoms with E-state index >= 15 is 0 Å². The van der Waals surface area contributed by atoms with Crippen molar-refractivity contribution in [3.05, 3.63) is 70.4 Å². The molecule has 1 aliphatic rings. The van der Waals surface area contributed by atoms with Crippen molar-refractivity contribution in [3.63, 3.8) is 0 Å². The zero-order chi connectivity index (χ0) is 30.5. The average Bonchev–Trinajstić information content (AvgIpc) is 3.51. The van der Waals surface area contributed by atoms with E-state index in [0.29, 0.717) is 54.2 Å². The molecule has 1 aliphatic heterocycles. The zero-order valence-corrected chi connectivity index (χ0v) is 25.8. The van der Waals surface area contributed by atoms with Crippen LogP contribution in [0.5, 0.6) is 0 Å². The number of hydrogen-bond donors (Lipinski definition) is 2. The minimum absolute atomic E-state index is 0.0108. The van der Waals surface area contributed by atoms with E-state index in [1.165, 1.54) is 25.7 Å². The van der Waals surface area contributed by atoms with E-state index < -0.39 is 7.40 Å². The molecule has 0 saturated carbocycles. The molecular formula is C33H48BF2N3O3. The first kappa shape index (κ1) is 33.6. The van der Waals surface area contributed by atoms with Gasteiger partial charge in [0.15, 0.2) is 0 Å². The van der Waals surface area contributed by atoms with Gasteiger partial charge < -0.3 is 24.3 Å². The molecule has 0 bridgehead atoms. The number of aliphatic hydroxyl groups excluding tert-OH is 2. The summed E-state index contributed by atoms with van der Waals surface area (Å²) >= 11 is 0. The molecule has 2 N–H and O–H groups in total. The van der Waals surface area contributed by atoms with Gasteiger partial charge in [0.1, 0.15) is 11.5 Å². The van der Waals surface area contributed by atoms with E-state index in [-0.39, 0.29) is 13.2 Å². The summed E-state index contributed by atoms with van der Waals surface area (Å²) in [5.41, 5.74) is 4.70. The number of aryl methyl sites for hydroxylation is 2. The molecule has 0 radical (unpaired) electrons.